The Bertz CT molecular complexity index is 1130. The van der Waals surface area contributed by atoms with Gasteiger partial charge in [-0.3, -0.25) is 19.3 Å². The number of carbonyl (C=O) groups excluding carboxylic acids is 2. The van der Waals surface area contributed by atoms with Crippen LogP contribution >= 0.6 is 0 Å². The van der Waals surface area contributed by atoms with Crippen LogP contribution in [-0.4, -0.2) is 42.5 Å². The number of fused-ring (bicyclic) bond motifs is 2. The van der Waals surface area contributed by atoms with E-state index in [1.54, 1.807) is 42.6 Å². The molecule has 0 spiro atoms. The van der Waals surface area contributed by atoms with Crippen molar-refractivity contribution in [1.29, 1.82) is 0 Å². The number of hydrogen-bond acceptors (Lipinski definition) is 5. The van der Waals surface area contributed by atoms with Crippen LogP contribution in [-0.2, 0) is 6.42 Å². The van der Waals surface area contributed by atoms with Crippen molar-refractivity contribution in [2.45, 2.75) is 6.42 Å². The molecular weight excluding hydrogens is 360 g/mol. The van der Waals surface area contributed by atoms with Crippen molar-refractivity contribution < 1.29 is 19.1 Å². The molecule has 3 aromatic rings. The number of H-pyrrole nitrogens is 1. The molecule has 0 atom stereocenters. The highest BCUT2D eigenvalue weighted by molar-refractivity contribution is 6.21. The summed E-state index contributed by atoms with van der Waals surface area (Å²) >= 11 is 0. The fourth-order valence-electron chi connectivity index (χ4n) is 3.45. The summed E-state index contributed by atoms with van der Waals surface area (Å²) in [7, 11) is 3.03. The smallest absolute Gasteiger partial charge is 0.261 e. The topological polar surface area (TPSA) is 88.7 Å². The number of pyridine rings is 1. The van der Waals surface area contributed by atoms with Crippen LogP contribution < -0.4 is 14.9 Å². The van der Waals surface area contributed by atoms with Crippen LogP contribution in [0.25, 0.3) is 10.9 Å². The Balaban J connectivity index is 1.63. The van der Waals surface area contributed by atoms with Gasteiger partial charge in [-0.15, -0.1) is 0 Å². The van der Waals surface area contributed by atoms with E-state index in [-0.39, 0.29) is 30.2 Å². The summed E-state index contributed by atoms with van der Waals surface area (Å²) in [5.41, 5.74) is 1.73. The van der Waals surface area contributed by atoms with Gasteiger partial charge in [0.2, 0.25) is 0 Å². The van der Waals surface area contributed by atoms with Gasteiger partial charge in [0.15, 0.2) is 16.9 Å². The van der Waals surface area contributed by atoms with Crippen molar-refractivity contribution in [2.24, 2.45) is 0 Å². The molecule has 7 nitrogen and oxygen atoms in total. The lowest BCUT2D eigenvalue weighted by atomic mass is 10.1. The summed E-state index contributed by atoms with van der Waals surface area (Å²) in [5, 5.41) is 0.456. The summed E-state index contributed by atoms with van der Waals surface area (Å²) in [4.78, 5) is 42.1. The molecule has 1 aliphatic rings. The Morgan fingerprint density at radius 3 is 2.14 bits per heavy atom. The van der Waals surface area contributed by atoms with Crippen molar-refractivity contribution in [3.63, 3.8) is 0 Å². The summed E-state index contributed by atoms with van der Waals surface area (Å²) in [6.45, 7) is 0.133. The third-order valence-corrected chi connectivity index (χ3v) is 4.94. The molecule has 0 saturated heterocycles. The Labute approximate surface area is 160 Å². The fourth-order valence-corrected chi connectivity index (χ4v) is 3.45. The molecule has 0 saturated carbocycles. The molecule has 2 aromatic carbocycles. The largest absolute Gasteiger partial charge is 0.493 e. The van der Waals surface area contributed by atoms with Crippen molar-refractivity contribution in [2.75, 3.05) is 20.8 Å². The van der Waals surface area contributed by atoms with Gasteiger partial charge < -0.3 is 14.5 Å². The number of rotatable bonds is 5. The first-order chi connectivity index (χ1) is 13.5. The molecule has 0 bridgehead atoms. The van der Waals surface area contributed by atoms with E-state index >= 15 is 0 Å². The SMILES string of the molecule is COc1cc2[nH]cc(CCN3C(=O)c4ccccc4C3=O)c(=O)c2cc1OC. The number of aromatic amines is 1. The van der Waals surface area contributed by atoms with Crippen LogP contribution in [0.2, 0.25) is 0 Å². The monoisotopic (exact) mass is 378 g/mol. The van der Waals surface area contributed by atoms with Gasteiger partial charge in [-0.25, -0.2) is 0 Å². The highest BCUT2D eigenvalue weighted by atomic mass is 16.5. The molecule has 1 N–H and O–H groups in total. The average Bonchev–Trinajstić information content (AvgIpc) is 2.97. The second-order valence-electron chi connectivity index (χ2n) is 6.45. The number of hydrogen-bond donors (Lipinski definition) is 1. The zero-order valence-corrected chi connectivity index (χ0v) is 15.4. The van der Waals surface area contributed by atoms with E-state index in [2.05, 4.69) is 4.98 Å². The zero-order chi connectivity index (χ0) is 19.8. The predicted octanol–water partition coefficient (Wildman–Crippen LogP) is 2.38. The zero-order valence-electron chi connectivity index (χ0n) is 15.4. The molecule has 4 rings (SSSR count). The number of nitrogens with zero attached hydrogens (tertiary/aromatic N) is 1. The van der Waals surface area contributed by atoms with Gasteiger partial charge in [0.25, 0.3) is 11.8 Å². The number of amides is 2. The minimum atomic E-state index is -0.329. The first-order valence-corrected chi connectivity index (χ1v) is 8.76. The average molecular weight is 378 g/mol. The maximum atomic E-state index is 12.9. The minimum Gasteiger partial charge on any atom is -0.493 e. The lowest BCUT2D eigenvalue weighted by molar-refractivity contribution is 0.0656. The first-order valence-electron chi connectivity index (χ1n) is 8.76. The van der Waals surface area contributed by atoms with Crippen LogP contribution in [0.3, 0.4) is 0 Å². The van der Waals surface area contributed by atoms with Crippen LogP contribution in [0, 0.1) is 0 Å². The molecular formula is C21H18N2O5. The van der Waals surface area contributed by atoms with Gasteiger partial charge >= 0.3 is 0 Å². The molecule has 2 amide bonds. The highest BCUT2D eigenvalue weighted by Gasteiger charge is 2.34. The summed E-state index contributed by atoms with van der Waals surface area (Å²) in [5.74, 6) is 0.316. The molecule has 1 aliphatic heterocycles. The molecule has 0 fully saturated rings. The molecule has 0 aliphatic carbocycles. The van der Waals surface area contributed by atoms with E-state index in [1.807, 2.05) is 0 Å². The van der Waals surface area contributed by atoms with Crippen molar-refractivity contribution >= 4 is 22.7 Å². The number of ether oxygens (including phenoxy) is 2. The Morgan fingerprint density at radius 2 is 1.54 bits per heavy atom. The maximum Gasteiger partial charge on any atom is 0.261 e. The molecule has 0 unspecified atom stereocenters. The van der Waals surface area contributed by atoms with E-state index in [0.29, 0.717) is 39.1 Å². The molecule has 7 heteroatoms. The predicted molar refractivity (Wildman–Crippen MR) is 103 cm³/mol. The number of aromatic nitrogens is 1. The molecule has 2 heterocycles. The quantitative estimate of drug-likeness (QED) is 0.689. The van der Waals surface area contributed by atoms with E-state index < -0.39 is 0 Å². The van der Waals surface area contributed by atoms with Gasteiger partial charge in [0, 0.05) is 29.8 Å². The van der Waals surface area contributed by atoms with Gasteiger partial charge in [-0.05, 0) is 24.6 Å². The number of imide groups is 1. The highest BCUT2D eigenvalue weighted by Crippen LogP contribution is 2.30. The van der Waals surface area contributed by atoms with Crippen LogP contribution in [0.15, 0.2) is 47.4 Å². The van der Waals surface area contributed by atoms with Gasteiger partial charge in [0.1, 0.15) is 0 Å². The van der Waals surface area contributed by atoms with Crippen LogP contribution in [0.5, 0.6) is 11.5 Å². The Morgan fingerprint density at radius 1 is 0.929 bits per heavy atom. The van der Waals surface area contributed by atoms with E-state index in [9.17, 15) is 14.4 Å². The first kappa shape index (κ1) is 17.8. The molecule has 142 valence electrons. The third-order valence-electron chi connectivity index (χ3n) is 4.94. The standard InChI is InChI=1S/C21H18N2O5/c1-27-17-9-15-16(10-18(17)28-2)22-11-12(19(15)24)7-8-23-20(25)13-5-3-4-6-14(13)21(23)26/h3-6,9-11H,7-8H2,1-2H3,(H,22,24). The summed E-state index contributed by atoms with van der Waals surface area (Å²) in [6, 6.07) is 10.0. The van der Waals surface area contributed by atoms with Gasteiger partial charge in [-0.2, -0.15) is 0 Å². The normalized spacial score (nSPS) is 13.1. The van der Waals surface area contributed by atoms with Gasteiger partial charge in [0.05, 0.1) is 30.9 Å². The second-order valence-corrected chi connectivity index (χ2v) is 6.45. The minimum absolute atomic E-state index is 0.133. The third kappa shape index (κ3) is 2.72. The second kappa shape index (κ2) is 6.84. The van der Waals surface area contributed by atoms with E-state index in [1.165, 1.54) is 19.1 Å². The van der Waals surface area contributed by atoms with Crippen LogP contribution in [0.4, 0.5) is 0 Å². The Kier molecular flexibility index (Phi) is 4.35. The maximum absolute atomic E-state index is 12.9. The van der Waals surface area contributed by atoms with Crippen molar-refractivity contribution in [3.8, 4) is 11.5 Å². The lowest BCUT2D eigenvalue weighted by Crippen LogP contribution is -2.32. The number of benzene rings is 2. The fraction of sp³-hybridized carbons (Fsp3) is 0.190. The summed E-state index contributed by atoms with van der Waals surface area (Å²) < 4.78 is 10.5. The Hall–Kier alpha value is -3.61. The number of methoxy groups -OCH3 is 2. The van der Waals surface area contributed by atoms with Crippen molar-refractivity contribution in [3.05, 3.63) is 69.5 Å². The lowest BCUT2D eigenvalue weighted by Gasteiger charge is -2.14. The van der Waals surface area contributed by atoms with E-state index in [4.69, 9.17) is 9.47 Å². The number of nitrogens with one attached hydrogen (secondary N) is 1. The van der Waals surface area contributed by atoms with Gasteiger partial charge in [-0.1, -0.05) is 12.1 Å². The van der Waals surface area contributed by atoms with E-state index in [0.717, 1.165) is 0 Å². The van der Waals surface area contributed by atoms with Crippen LogP contribution in [0.1, 0.15) is 26.3 Å². The molecule has 1 aromatic heterocycles. The molecule has 28 heavy (non-hydrogen) atoms. The summed E-state index contributed by atoms with van der Waals surface area (Å²) in [6.07, 6.45) is 1.86. The molecule has 0 radical (unpaired) electrons. The number of carbonyl (C=O) groups is 2. The van der Waals surface area contributed by atoms with Crippen molar-refractivity contribution in [1.82, 2.24) is 9.88 Å².